The molecule has 2 atom stereocenters. The van der Waals surface area contributed by atoms with Crippen molar-refractivity contribution in [1.82, 2.24) is 10.2 Å². The Morgan fingerprint density at radius 1 is 1.13 bits per heavy atom. The summed E-state index contributed by atoms with van der Waals surface area (Å²) in [5.74, 6) is -1.09. The van der Waals surface area contributed by atoms with Crippen molar-refractivity contribution in [3.8, 4) is 0 Å². The molecule has 1 saturated heterocycles. The van der Waals surface area contributed by atoms with Gasteiger partial charge in [-0.25, -0.2) is 0 Å². The molecule has 0 spiro atoms. The van der Waals surface area contributed by atoms with Gasteiger partial charge >= 0.3 is 0 Å². The van der Waals surface area contributed by atoms with E-state index in [0.29, 0.717) is 19.4 Å². The van der Waals surface area contributed by atoms with Crippen LogP contribution in [0.2, 0.25) is 0 Å². The predicted octanol–water partition coefficient (Wildman–Crippen LogP) is 4.46. The maximum absolute atomic E-state index is 13.2. The number of benzene rings is 1. The smallest absolute Gasteiger partial charge is 0.291 e. The van der Waals surface area contributed by atoms with E-state index in [2.05, 4.69) is 17.4 Å². The standard InChI is InChI=1S/C26H38N2O3/c1-5-13-21-17-12-18-22(28(21)25(31)23(29)26(3,4)6-2)24(30)27-19-11-10-16-20-14-8-7-9-15-20/h5,7-9,13-15,21-22H,6,10-12,16-19H2,1-4H3,(H,27,30)/b13-5-. The lowest BCUT2D eigenvalue weighted by Gasteiger charge is -2.41. The van der Waals surface area contributed by atoms with Crippen molar-refractivity contribution in [3.05, 3.63) is 48.0 Å². The van der Waals surface area contributed by atoms with Gasteiger partial charge in [0.25, 0.3) is 5.91 Å². The van der Waals surface area contributed by atoms with Gasteiger partial charge in [-0.05, 0) is 57.4 Å². The van der Waals surface area contributed by atoms with Gasteiger partial charge in [0.15, 0.2) is 0 Å². The molecule has 0 bridgehead atoms. The number of amides is 2. The molecule has 1 aromatic rings. The molecule has 1 fully saturated rings. The van der Waals surface area contributed by atoms with Gasteiger partial charge in [-0.1, -0.05) is 63.3 Å². The minimum Gasteiger partial charge on any atom is -0.354 e. The number of hydrogen-bond donors (Lipinski definition) is 1. The number of unbranched alkanes of at least 4 members (excludes halogenated alkanes) is 1. The molecule has 0 saturated carbocycles. The quantitative estimate of drug-likeness (QED) is 0.341. The van der Waals surface area contributed by atoms with Crippen molar-refractivity contribution in [3.63, 3.8) is 0 Å². The second-order valence-corrected chi connectivity index (χ2v) is 9.05. The first-order valence-corrected chi connectivity index (χ1v) is 11.6. The first kappa shape index (κ1) is 24.8. The minimum absolute atomic E-state index is 0.149. The lowest BCUT2D eigenvalue weighted by molar-refractivity contribution is -0.155. The topological polar surface area (TPSA) is 66.5 Å². The van der Waals surface area contributed by atoms with Crippen LogP contribution in [0.5, 0.6) is 0 Å². The number of likely N-dealkylation sites (tertiary alicyclic amines) is 1. The summed E-state index contributed by atoms with van der Waals surface area (Å²) >= 11 is 0. The first-order chi connectivity index (χ1) is 14.8. The fourth-order valence-electron chi connectivity index (χ4n) is 3.99. The highest BCUT2D eigenvalue weighted by Gasteiger charge is 2.42. The van der Waals surface area contributed by atoms with Gasteiger partial charge in [0, 0.05) is 12.0 Å². The average molecular weight is 427 g/mol. The average Bonchev–Trinajstić information content (AvgIpc) is 2.78. The van der Waals surface area contributed by atoms with Crippen molar-refractivity contribution in [1.29, 1.82) is 0 Å². The molecule has 31 heavy (non-hydrogen) atoms. The van der Waals surface area contributed by atoms with Crippen LogP contribution in [0.25, 0.3) is 0 Å². The van der Waals surface area contributed by atoms with Crippen molar-refractivity contribution in [2.24, 2.45) is 5.41 Å². The summed E-state index contributed by atoms with van der Waals surface area (Å²) < 4.78 is 0. The van der Waals surface area contributed by atoms with E-state index in [1.165, 1.54) is 5.56 Å². The van der Waals surface area contributed by atoms with Crippen LogP contribution in [0.1, 0.15) is 71.8 Å². The molecule has 0 aromatic heterocycles. The lowest BCUT2D eigenvalue weighted by Crippen LogP contribution is -2.58. The number of Topliss-reactive ketones (excluding diaryl/α,β-unsaturated/α-hetero) is 1. The molecule has 2 rings (SSSR count). The summed E-state index contributed by atoms with van der Waals surface area (Å²) in [6.07, 6.45) is 9.48. The predicted molar refractivity (Wildman–Crippen MR) is 125 cm³/mol. The van der Waals surface area contributed by atoms with Gasteiger partial charge in [0.2, 0.25) is 11.7 Å². The third-order valence-corrected chi connectivity index (χ3v) is 6.35. The number of hydrogen-bond acceptors (Lipinski definition) is 3. The monoisotopic (exact) mass is 426 g/mol. The minimum atomic E-state index is -0.729. The highest BCUT2D eigenvalue weighted by molar-refractivity contribution is 6.38. The van der Waals surface area contributed by atoms with Crippen molar-refractivity contribution in [2.45, 2.75) is 84.7 Å². The van der Waals surface area contributed by atoms with Crippen LogP contribution in [0.3, 0.4) is 0 Å². The van der Waals surface area contributed by atoms with Crippen LogP contribution >= 0.6 is 0 Å². The summed E-state index contributed by atoms with van der Waals surface area (Å²) in [4.78, 5) is 40.6. The van der Waals surface area contributed by atoms with Gasteiger partial charge in [-0.2, -0.15) is 0 Å². The van der Waals surface area contributed by atoms with Gasteiger partial charge in [0.05, 0.1) is 6.04 Å². The third kappa shape index (κ3) is 6.78. The summed E-state index contributed by atoms with van der Waals surface area (Å²) in [6, 6.07) is 9.50. The number of carbonyl (C=O) groups excluding carboxylic acids is 3. The zero-order chi connectivity index (χ0) is 22.9. The second-order valence-electron chi connectivity index (χ2n) is 9.05. The van der Waals surface area contributed by atoms with Gasteiger partial charge in [-0.15, -0.1) is 0 Å². The zero-order valence-electron chi connectivity index (χ0n) is 19.5. The largest absolute Gasteiger partial charge is 0.354 e. The maximum atomic E-state index is 13.2. The summed E-state index contributed by atoms with van der Waals surface area (Å²) in [5.41, 5.74) is 0.567. The number of piperidine rings is 1. The molecule has 2 unspecified atom stereocenters. The molecule has 5 nitrogen and oxygen atoms in total. The van der Waals surface area contributed by atoms with E-state index in [1.54, 1.807) is 18.7 Å². The fourth-order valence-corrected chi connectivity index (χ4v) is 3.99. The van der Waals surface area contributed by atoms with Gasteiger partial charge in [0.1, 0.15) is 6.04 Å². The van der Waals surface area contributed by atoms with Crippen LogP contribution in [-0.2, 0) is 20.8 Å². The van der Waals surface area contributed by atoms with Crippen LogP contribution < -0.4 is 5.32 Å². The number of carbonyl (C=O) groups is 3. The molecule has 1 N–H and O–H groups in total. The molecule has 170 valence electrons. The summed E-state index contributed by atoms with van der Waals surface area (Å²) in [7, 11) is 0. The lowest BCUT2D eigenvalue weighted by atomic mass is 9.83. The molecule has 1 aliphatic rings. The van der Waals surface area contributed by atoms with Crippen molar-refractivity contribution in [2.75, 3.05) is 6.54 Å². The Balaban J connectivity index is 2.00. The number of nitrogens with zero attached hydrogens (tertiary/aromatic N) is 1. The number of rotatable bonds is 10. The van der Waals surface area contributed by atoms with E-state index in [4.69, 9.17) is 0 Å². The molecule has 0 aliphatic carbocycles. The Morgan fingerprint density at radius 3 is 2.48 bits per heavy atom. The second kappa shape index (κ2) is 11.8. The van der Waals surface area contributed by atoms with Crippen molar-refractivity contribution < 1.29 is 14.4 Å². The van der Waals surface area contributed by atoms with E-state index in [1.807, 2.05) is 44.2 Å². The number of aryl methyl sites for hydroxylation is 1. The normalized spacial score (nSPS) is 19.4. The maximum Gasteiger partial charge on any atom is 0.291 e. The number of nitrogens with one attached hydrogen (secondary N) is 1. The highest BCUT2D eigenvalue weighted by atomic mass is 16.2. The Morgan fingerprint density at radius 2 is 1.84 bits per heavy atom. The Kier molecular flexibility index (Phi) is 9.47. The van der Waals surface area contributed by atoms with Crippen molar-refractivity contribution >= 4 is 17.6 Å². The molecule has 1 aliphatic heterocycles. The van der Waals surface area contributed by atoms with Crippen LogP contribution in [-0.4, -0.2) is 41.1 Å². The van der Waals surface area contributed by atoms with E-state index in [-0.39, 0.29) is 11.9 Å². The third-order valence-electron chi connectivity index (χ3n) is 6.35. The Labute approximate surface area is 187 Å². The van der Waals surface area contributed by atoms with E-state index >= 15 is 0 Å². The first-order valence-electron chi connectivity index (χ1n) is 11.6. The highest BCUT2D eigenvalue weighted by Crippen LogP contribution is 2.28. The zero-order valence-corrected chi connectivity index (χ0v) is 19.5. The van der Waals surface area contributed by atoms with Crippen LogP contribution in [0, 0.1) is 5.41 Å². The molecular weight excluding hydrogens is 388 g/mol. The fraction of sp³-hybridized carbons (Fsp3) is 0.577. The Hall–Kier alpha value is -2.43. The molecular formula is C26H38N2O3. The van der Waals surface area contributed by atoms with E-state index in [0.717, 1.165) is 32.1 Å². The summed E-state index contributed by atoms with van der Waals surface area (Å²) in [5, 5.41) is 3.01. The van der Waals surface area contributed by atoms with E-state index in [9.17, 15) is 14.4 Å². The molecule has 1 heterocycles. The number of ketones is 1. The van der Waals surface area contributed by atoms with Crippen LogP contribution in [0.4, 0.5) is 0 Å². The van der Waals surface area contributed by atoms with E-state index < -0.39 is 23.1 Å². The molecule has 2 amide bonds. The SMILES string of the molecule is C/C=C\C1CCCC(C(=O)NCCCCc2ccccc2)N1C(=O)C(=O)C(C)(C)CC. The number of allylic oxidation sites excluding steroid dienone is 1. The molecule has 1 aromatic carbocycles. The van der Waals surface area contributed by atoms with Crippen LogP contribution in [0.15, 0.2) is 42.5 Å². The van der Waals surface area contributed by atoms with Gasteiger partial charge < -0.3 is 10.2 Å². The molecule has 0 radical (unpaired) electrons. The summed E-state index contributed by atoms with van der Waals surface area (Å²) in [6.45, 7) is 7.97. The molecule has 5 heteroatoms. The Bertz CT molecular complexity index is 770. The van der Waals surface area contributed by atoms with Gasteiger partial charge in [-0.3, -0.25) is 14.4 Å².